The van der Waals surface area contributed by atoms with Gasteiger partial charge in [-0.25, -0.2) is 0 Å². The number of aryl methyl sites for hydroxylation is 1. The summed E-state index contributed by atoms with van der Waals surface area (Å²) in [6.45, 7) is 7.32. The van der Waals surface area contributed by atoms with Crippen molar-refractivity contribution in [3.05, 3.63) is 18.0 Å². The second-order valence-corrected chi connectivity index (χ2v) is 5.13. The van der Waals surface area contributed by atoms with Gasteiger partial charge >= 0.3 is 0 Å². The second-order valence-electron chi connectivity index (χ2n) is 5.13. The van der Waals surface area contributed by atoms with Gasteiger partial charge in [0.05, 0.1) is 12.1 Å². The highest BCUT2D eigenvalue weighted by molar-refractivity contribution is 5.00. The lowest BCUT2D eigenvalue weighted by molar-refractivity contribution is 0.113. The first-order valence-corrected chi connectivity index (χ1v) is 7.07. The normalized spacial score (nSPS) is 19.2. The molecule has 1 saturated heterocycles. The van der Waals surface area contributed by atoms with E-state index >= 15 is 0 Å². The number of hydrogen-bond acceptors (Lipinski definition) is 4. The first-order chi connectivity index (χ1) is 9.24. The molecule has 19 heavy (non-hydrogen) atoms. The van der Waals surface area contributed by atoms with Gasteiger partial charge in [0.25, 0.3) is 0 Å². The number of nitriles is 1. The summed E-state index contributed by atoms with van der Waals surface area (Å²) < 4.78 is 1.94. The van der Waals surface area contributed by atoms with Crippen LogP contribution in [0.15, 0.2) is 12.3 Å². The fourth-order valence-corrected chi connectivity index (χ4v) is 2.65. The lowest BCUT2D eigenvalue weighted by Gasteiger charge is -2.36. The first kappa shape index (κ1) is 14.0. The van der Waals surface area contributed by atoms with Crippen molar-refractivity contribution in [1.82, 2.24) is 19.6 Å². The van der Waals surface area contributed by atoms with Gasteiger partial charge in [-0.05, 0) is 12.5 Å². The van der Waals surface area contributed by atoms with Gasteiger partial charge in [-0.3, -0.25) is 9.58 Å². The van der Waals surface area contributed by atoms with E-state index in [9.17, 15) is 0 Å². The molecule has 5 heteroatoms. The third kappa shape index (κ3) is 3.55. The van der Waals surface area contributed by atoms with E-state index in [1.54, 1.807) is 0 Å². The van der Waals surface area contributed by atoms with Gasteiger partial charge in [-0.1, -0.05) is 6.92 Å². The highest BCUT2D eigenvalue weighted by atomic mass is 15.3. The van der Waals surface area contributed by atoms with Gasteiger partial charge in [-0.2, -0.15) is 10.4 Å². The summed E-state index contributed by atoms with van der Waals surface area (Å²) in [6, 6.07) is 4.57. The Bertz CT molecular complexity index is 425. The molecule has 2 heterocycles. The zero-order valence-corrected chi connectivity index (χ0v) is 11.9. The van der Waals surface area contributed by atoms with Crippen molar-refractivity contribution >= 4 is 0 Å². The average molecular weight is 261 g/mol. The molecule has 1 atom stereocenters. The molecule has 0 saturated carbocycles. The molecule has 1 aliphatic heterocycles. The summed E-state index contributed by atoms with van der Waals surface area (Å²) in [5, 5.41) is 13.3. The third-order valence-corrected chi connectivity index (χ3v) is 3.99. The van der Waals surface area contributed by atoms with Gasteiger partial charge in [0.2, 0.25) is 0 Å². The van der Waals surface area contributed by atoms with E-state index in [1.807, 2.05) is 17.9 Å². The maximum absolute atomic E-state index is 9.09. The molecule has 5 nitrogen and oxygen atoms in total. The molecule has 1 aliphatic rings. The minimum atomic E-state index is 0.0965. The Labute approximate surface area is 115 Å². The Morgan fingerprint density at radius 3 is 2.63 bits per heavy atom. The molecule has 1 aromatic rings. The molecule has 1 fully saturated rings. The highest BCUT2D eigenvalue weighted by Gasteiger charge is 2.22. The van der Waals surface area contributed by atoms with Crippen molar-refractivity contribution in [2.75, 3.05) is 32.7 Å². The van der Waals surface area contributed by atoms with E-state index in [1.165, 1.54) is 5.69 Å². The summed E-state index contributed by atoms with van der Waals surface area (Å²) in [6.07, 6.45) is 3.82. The molecule has 0 bridgehead atoms. The summed E-state index contributed by atoms with van der Waals surface area (Å²) in [4.78, 5) is 4.79. The summed E-state index contributed by atoms with van der Waals surface area (Å²) in [5.41, 5.74) is 1.28. The van der Waals surface area contributed by atoms with Crippen LogP contribution < -0.4 is 0 Å². The van der Waals surface area contributed by atoms with Crippen LogP contribution in [0.5, 0.6) is 0 Å². The molecule has 1 unspecified atom stereocenters. The van der Waals surface area contributed by atoms with Gasteiger partial charge < -0.3 is 4.90 Å². The van der Waals surface area contributed by atoms with E-state index in [4.69, 9.17) is 5.26 Å². The van der Waals surface area contributed by atoms with Crippen LogP contribution in [0, 0.1) is 11.3 Å². The van der Waals surface area contributed by atoms with Crippen molar-refractivity contribution in [1.29, 1.82) is 5.26 Å². The van der Waals surface area contributed by atoms with Gasteiger partial charge in [0.1, 0.15) is 0 Å². The molecule has 0 N–H and O–H groups in total. The number of nitrogens with zero attached hydrogens (tertiary/aromatic N) is 5. The molecule has 0 spiro atoms. The zero-order chi connectivity index (χ0) is 13.7. The highest BCUT2D eigenvalue weighted by Crippen LogP contribution is 2.09. The zero-order valence-electron chi connectivity index (χ0n) is 11.9. The van der Waals surface area contributed by atoms with Crippen LogP contribution in [-0.2, 0) is 13.5 Å². The van der Waals surface area contributed by atoms with Crippen LogP contribution >= 0.6 is 0 Å². The van der Waals surface area contributed by atoms with Crippen molar-refractivity contribution in [3.63, 3.8) is 0 Å². The van der Waals surface area contributed by atoms with Crippen LogP contribution in [0.3, 0.4) is 0 Å². The molecular weight excluding hydrogens is 238 g/mol. The summed E-state index contributed by atoms with van der Waals surface area (Å²) in [7, 11) is 1.99. The molecule has 104 valence electrons. The quantitative estimate of drug-likeness (QED) is 0.789. The van der Waals surface area contributed by atoms with E-state index in [-0.39, 0.29) is 6.04 Å². The smallest absolute Gasteiger partial charge is 0.0976 e. The third-order valence-electron chi connectivity index (χ3n) is 3.99. The Hall–Kier alpha value is -1.38. The molecular formula is C14H23N5. The first-order valence-electron chi connectivity index (χ1n) is 7.07. The van der Waals surface area contributed by atoms with E-state index < -0.39 is 0 Å². The van der Waals surface area contributed by atoms with E-state index in [0.29, 0.717) is 0 Å². The lowest BCUT2D eigenvalue weighted by atomic mass is 10.1. The van der Waals surface area contributed by atoms with Crippen molar-refractivity contribution in [2.24, 2.45) is 7.05 Å². The number of hydrogen-bond donors (Lipinski definition) is 0. The minimum absolute atomic E-state index is 0.0965. The average Bonchev–Trinajstić information content (AvgIpc) is 2.85. The number of rotatable bonds is 5. The second kappa shape index (κ2) is 6.69. The standard InChI is InChI=1S/C14H23N5/c1-3-13(12-15)19-10-8-18(9-11-19)7-5-14-4-6-16-17(14)2/h4,6,13H,3,5,7-11H2,1-2H3. The number of piperazine rings is 1. The van der Waals surface area contributed by atoms with Gasteiger partial charge in [0, 0.05) is 58.1 Å². The van der Waals surface area contributed by atoms with Crippen molar-refractivity contribution in [3.8, 4) is 6.07 Å². The topological polar surface area (TPSA) is 48.1 Å². The molecule has 2 rings (SSSR count). The van der Waals surface area contributed by atoms with Crippen molar-refractivity contribution in [2.45, 2.75) is 25.8 Å². The fraction of sp³-hybridized carbons (Fsp3) is 0.714. The largest absolute Gasteiger partial charge is 0.300 e. The minimum Gasteiger partial charge on any atom is -0.300 e. The molecule has 0 amide bonds. The molecule has 0 aromatic carbocycles. The number of aromatic nitrogens is 2. The van der Waals surface area contributed by atoms with Gasteiger partial charge in [-0.15, -0.1) is 0 Å². The Balaban J connectivity index is 1.75. The summed E-state index contributed by atoms with van der Waals surface area (Å²) in [5.74, 6) is 0. The van der Waals surface area contributed by atoms with Crippen LogP contribution in [-0.4, -0.2) is 58.3 Å². The Morgan fingerprint density at radius 1 is 1.37 bits per heavy atom. The van der Waals surface area contributed by atoms with Gasteiger partial charge in [0.15, 0.2) is 0 Å². The van der Waals surface area contributed by atoms with Crippen LogP contribution in [0.2, 0.25) is 0 Å². The lowest BCUT2D eigenvalue weighted by Crippen LogP contribution is -2.50. The predicted octanol–water partition coefficient (Wildman–Crippen LogP) is 0.882. The Morgan fingerprint density at radius 2 is 2.11 bits per heavy atom. The maximum atomic E-state index is 9.09. The SMILES string of the molecule is CCC(C#N)N1CCN(CCc2ccnn2C)CC1. The molecule has 0 aliphatic carbocycles. The molecule has 0 radical (unpaired) electrons. The van der Waals surface area contributed by atoms with E-state index in [0.717, 1.165) is 45.6 Å². The van der Waals surface area contributed by atoms with Crippen LogP contribution in [0.1, 0.15) is 19.0 Å². The summed E-state index contributed by atoms with van der Waals surface area (Å²) >= 11 is 0. The van der Waals surface area contributed by atoms with E-state index in [2.05, 4.69) is 34.0 Å². The van der Waals surface area contributed by atoms with Crippen LogP contribution in [0.4, 0.5) is 0 Å². The fourth-order valence-electron chi connectivity index (χ4n) is 2.65. The maximum Gasteiger partial charge on any atom is 0.0976 e. The monoisotopic (exact) mass is 261 g/mol. The van der Waals surface area contributed by atoms with Crippen LogP contribution in [0.25, 0.3) is 0 Å². The molecule has 1 aromatic heterocycles. The van der Waals surface area contributed by atoms with Crippen molar-refractivity contribution < 1.29 is 0 Å². The Kier molecular flexibility index (Phi) is 4.94. The predicted molar refractivity (Wildman–Crippen MR) is 74.6 cm³/mol.